The van der Waals surface area contributed by atoms with Crippen LogP contribution in [0.3, 0.4) is 0 Å². The van der Waals surface area contributed by atoms with Gasteiger partial charge in [-0.05, 0) is 18.2 Å². The largest absolute Gasteiger partial charge is 0.494 e. The minimum Gasteiger partial charge on any atom is -0.494 e. The predicted molar refractivity (Wildman–Crippen MR) is 115 cm³/mol. The number of benzene rings is 3. The molecular weight excluding hydrogens is 402 g/mol. The van der Waals surface area contributed by atoms with E-state index in [0.717, 1.165) is 0 Å². The first kappa shape index (κ1) is 21.3. The van der Waals surface area contributed by atoms with Crippen molar-refractivity contribution in [1.29, 1.82) is 0 Å². The van der Waals surface area contributed by atoms with Crippen molar-refractivity contribution in [3.8, 4) is 11.5 Å². The number of nitrogens with zero attached hydrogens (tertiary/aromatic N) is 1. The van der Waals surface area contributed by atoms with E-state index in [-0.39, 0.29) is 34.3 Å². The van der Waals surface area contributed by atoms with Crippen molar-refractivity contribution in [3.05, 3.63) is 88.0 Å². The Bertz CT molecular complexity index is 1130. The molecule has 9 nitrogen and oxygen atoms in total. The van der Waals surface area contributed by atoms with Crippen molar-refractivity contribution < 1.29 is 24.0 Å². The highest BCUT2D eigenvalue weighted by atomic mass is 16.6. The average molecular weight is 421 g/mol. The molecule has 0 spiro atoms. The Morgan fingerprint density at radius 1 is 0.806 bits per heavy atom. The Balaban J connectivity index is 1.91. The number of para-hydroxylation sites is 1. The molecule has 3 aromatic rings. The van der Waals surface area contributed by atoms with E-state index in [9.17, 15) is 19.7 Å². The number of hydrogen-bond acceptors (Lipinski definition) is 6. The van der Waals surface area contributed by atoms with Gasteiger partial charge in [0.1, 0.15) is 17.1 Å². The first-order valence-corrected chi connectivity index (χ1v) is 9.11. The Morgan fingerprint density at radius 2 is 1.32 bits per heavy atom. The van der Waals surface area contributed by atoms with E-state index in [2.05, 4.69) is 10.6 Å². The van der Waals surface area contributed by atoms with Crippen molar-refractivity contribution in [2.45, 2.75) is 0 Å². The number of nitro groups is 1. The van der Waals surface area contributed by atoms with E-state index in [0.29, 0.717) is 11.3 Å². The minimum absolute atomic E-state index is 0.102. The predicted octanol–water partition coefficient (Wildman–Crippen LogP) is 4.12. The Kier molecular flexibility index (Phi) is 6.46. The Morgan fingerprint density at radius 3 is 1.87 bits per heavy atom. The number of nitrogens with one attached hydrogen (secondary N) is 2. The molecule has 0 fully saturated rings. The SMILES string of the molecule is COc1cc(NC(=O)c2ccccc2[N+](=O)[O-])c(OC)cc1NC(=O)c1ccccc1. The molecule has 0 radical (unpaired) electrons. The van der Waals surface area contributed by atoms with Crippen LogP contribution in [-0.2, 0) is 0 Å². The molecule has 0 saturated carbocycles. The van der Waals surface area contributed by atoms with Gasteiger partial charge in [0.25, 0.3) is 17.5 Å². The lowest BCUT2D eigenvalue weighted by molar-refractivity contribution is -0.385. The summed E-state index contributed by atoms with van der Waals surface area (Å²) in [4.78, 5) is 35.7. The maximum absolute atomic E-state index is 12.7. The van der Waals surface area contributed by atoms with Crippen molar-refractivity contribution >= 4 is 28.9 Å². The van der Waals surface area contributed by atoms with Crippen LogP contribution in [0.5, 0.6) is 11.5 Å². The highest BCUT2D eigenvalue weighted by Crippen LogP contribution is 2.37. The van der Waals surface area contributed by atoms with Crippen LogP contribution in [0.1, 0.15) is 20.7 Å². The smallest absolute Gasteiger partial charge is 0.282 e. The van der Waals surface area contributed by atoms with Gasteiger partial charge < -0.3 is 20.1 Å². The van der Waals surface area contributed by atoms with Gasteiger partial charge in [0.05, 0.1) is 30.5 Å². The standard InChI is InChI=1S/C22H19N3O6/c1-30-19-13-17(24-22(27)15-10-6-7-11-18(15)25(28)29)20(31-2)12-16(19)23-21(26)14-8-4-3-5-9-14/h3-13H,1-2H3,(H,23,26)(H,24,27). The van der Waals surface area contributed by atoms with Gasteiger partial charge in [-0.2, -0.15) is 0 Å². The molecule has 158 valence electrons. The molecule has 2 N–H and O–H groups in total. The number of nitro benzene ring substituents is 1. The van der Waals surface area contributed by atoms with E-state index < -0.39 is 10.8 Å². The van der Waals surface area contributed by atoms with Crippen LogP contribution in [0.2, 0.25) is 0 Å². The summed E-state index contributed by atoms with van der Waals surface area (Å²) in [5.41, 5.74) is 0.585. The number of methoxy groups -OCH3 is 2. The number of carbonyl (C=O) groups is 2. The molecule has 0 heterocycles. The molecule has 0 aliphatic carbocycles. The van der Waals surface area contributed by atoms with Crippen molar-refractivity contribution in [1.82, 2.24) is 0 Å². The van der Waals surface area contributed by atoms with Crippen LogP contribution in [0.15, 0.2) is 66.7 Å². The number of hydrogen-bond donors (Lipinski definition) is 2. The van der Waals surface area contributed by atoms with Crippen LogP contribution < -0.4 is 20.1 Å². The minimum atomic E-state index is -0.686. The molecule has 3 aromatic carbocycles. The summed E-state index contributed by atoms with van der Waals surface area (Å²) < 4.78 is 10.7. The molecule has 0 bridgehead atoms. The third-order valence-electron chi connectivity index (χ3n) is 4.40. The highest BCUT2D eigenvalue weighted by molar-refractivity contribution is 6.09. The second-order valence-electron chi connectivity index (χ2n) is 6.30. The van der Waals surface area contributed by atoms with E-state index >= 15 is 0 Å². The van der Waals surface area contributed by atoms with E-state index in [4.69, 9.17) is 9.47 Å². The molecule has 0 aliphatic heterocycles. The molecule has 0 atom stereocenters. The second kappa shape index (κ2) is 9.40. The monoisotopic (exact) mass is 421 g/mol. The maximum Gasteiger partial charge on any atom is 0.282 e. The van der Waals surface area contributed by atoms with Crippen LogP contribution in [0.25, 0.3) is 0 Å². The normalized spacial score (nSPS) is 10.1. The van der Waals surface area contributed by atoms with Crippen molar-refractivity contribution in [2.75, 3.05) is 24.9 Å². The van der Waals surface area contributed by atoms with Crippen LogP contribution in [-0.4, -0.2) is 31.0 Å². The zero-order valence-corrected chi connectivity index (χ0v) is 16.7. The van der Waals surface area contributed by atoms with E-state index in [1.807, 2.05) is 0 Å². The lowest BCUT2D eigenvalue weighted by Crippen LogP contribution is -2.16. The lowest BCUT2D eigenvalue weighted by atomic mass is 10.1. The van der Waals surface area contributed by atoms with Gasteiger partial charge in [-0.25, -0.2) is 0 Å². The molecule has 9 heteroatoms. The first-order chi connectivity index (χ1) is 14.9. The second-order valence-corrected chi connectivity index (χ2v) is 6.30. The van der Waals surface area contributed by atoms with Gasteiger partial charge in [-0.3, -0.25) is 19.7 Å². The molecule has 0 unspecified atom stereocenters. The number of ether oxygens (including phenoxy) is 2. The van der Waals surface area contributed by atoms with Crippen LogP contribution in [0.4, 0.5) is 17.1 Å². The molecule has 0 aliphatic rings. The maximum atomic E-state index is 12.7. The summed E-state index contributed by atoms with van der Waals surface area (Å²) in [7, 11) is 2.80. The fourth-order valence-corrected chi connectivity index (χ4v) is 2.89. The van der Waals surface area contributed by atoms with Gasteiger partial charge in [0.15, 0.2) is 0 Å². The Hall–Kier alpha value is -4.40. The third-order valence-corrected chi connectivity index (χ3v) is 4.40. The zero-order valence-electron chi connectivity index (χ0n) is 16.7. The van der Waals surface area contributed by atoms with E-state index in [1.54, 1.807) is 30.3 Å². The summed E-state index contributed by atoms with van der Waals surface area (Å²) in [6.07, 6.45) is 0. The number of rotatable bonds is 7. The number of carbonyl (C=O) groups excluding carboxylic acids is 2. The highest BCUT2D eigenvalue weighted by Gasteiger charge is 2.22. The van der Waals surface area contributed by atoms with Gasteiger partial charge in [0.2, 0.25) is 0 Å². The van der Waals surface area contributed by atoms with Crippen molar-refractivity contribution in [2.24, 2.45) is 0 Å². The van der Waals surface area contributed by atoms with Gasteiger partial charge in [-0.15, -0.1) is 0 Å². The fraction of sp³-hybridized carbons (Fsp3) is 0.0909. The summed E-state index contributed by atoms with van der Waals surface area (Å²) in [5.74, 6) is -0.537. The zero-order chi connectivity index (χ0) is 22.4. The molecule has 0 aromatic heterocycles. The summed E-state index contributed by atoms with van der Waals surface area (Å²) in [5, 5.41) is 16.5. The van der Waals surface area contributed by atoms with Gasteiger partial charge in [-0.1, -0.05) is 30.3 Å². The van der Waals surface area contributed by atoms with E-state index in [1.165, 1.54) is 50.6 Å². The lowest BCUT2D eigenvalue weighted by Gasteiger charge is -2.16. The summed E-state index contributed by atoms with van der Waals surface area (Å²) >= 11 is 0. The summed E-state index contributed by atoms with van der Waals surface area (Å²) in [6, 6.07) is 17.2. The van der Waals surface area contributed by atoms with Crippen molar-refractivity contribution in [3.63, 3.8) is 0 Å². The number of anilines is 2. The average Bonchev–Trinajstić information content (AvgIpc) is 2.80. The molecule has 31 heavy (non-hydrogen) atoms. The first-order valence-electron chi connectivity index (χ1n) is 9.11. The summed E-state index contributed by atoms with van der Waals surface area (Å²) in [6.45, 7) is 0. The third kappa shape index (κ3) is 4.78. The number of amides is 2. The molecule has 0 saturated heterocycles. The van der Waals surface area contributed by atoms with Crippen LogP contribution >= 0.6 is 0 Å². The van der Waals surface area contributed by atoms with Gasteiger partial charge >= 0.3 is 0 Å². The molecular formula is C22H19N3O6. The van der Waals surface area contributed by atoms with Crippen LogP contribution in [0, 0.1) is 10.1 Å². The molecule has 3 rings (SSSR count). The quantitative estimate of drug-likeness (QED) is 0.437. The van der Waals surface area contributed by atoms with Gasteiger partial charge in [0, 0.05) is 23.8 Å². The molecule has 2 amide bonds. The Labute approximate surface area is 177 Å². The topological polar surface area (TPSA) is 120 Å². The fourth-order valence-electron chi connectivity index (χ4n) is 2.89.